The maximum atomic E-state index is 12.8. The Morgan fingerprint density at radius 2 is 2.08 bits per heavy atom. The van der Waals surface area contributed by atoms with Crippen LogP contribution in [0.15, 0.2) is 18.2 Å². The summed E-state index contributed by atoms with van der Waals surface area (Å²) in [4.78, 5) is 0. The topological polar surface area (TPSA) is 38.0 Å². The molecule has 3 N–H and O–H groups in total. The zero-order chi connectivity index (χ0) is 9.14. The lowest BCUT2D eigenvalue weighted by Gasteiger charge is -2.03. The lowest BCUT2D eigenvalue weighted by atomic mass is 10.3. The maximum Gasteiger partial charge on any atom is 0.168 e. The van der Waals surface area contributed by atoms with Crippen molar-refractivity contribution in [2.24, 2.45) is 5.73 Å². The summed E-state index contributed by atoms with van der Waals surface area (Å²) >= 11 is 4.46. The van der Waals surface area contributed by atoms with Gasteiger partial charge in [0, 0.05) is 6.07 Å². The number of hydrogen-bond acceptors (Lipinski definition) is 1. The Bertz CT molecular complexity index is 314. The van der Waals surface area contributed by atoms with Crippen LogP contribution < -0.4 is 11.1 Å². The average Bonchev–Trinajstić information content (AvgIpc) is 1.96. The third kappa shape index (κ3) is 2.13. The molecule has 0 spiro atoms. The molecule has 1 aromatic rings. The predicted octanol–water partition coefficient (Wildman–Crippen LogP) is 1.62. The fourth-order valence-corrected chi connectivity index (χ4v) is 0.836. The van der Waals surface area contributed by atoms with Crippen LogP contribution in [0.25, 0.3) is 0 Å². The van der Waals surface area contributed by atoms with Crippen LogP contribution >= 0.6 is 12.2 Å². The largest absolute Gasteiger partial charge is 0.376 e. The van der Waals surface area contributed by atoms with Crippen molar-refractivity contribution in [1.82, 2.24) is 0 Å². The van der Waals surface area contributed by atoms with E-state index in [9.17, 15) is 8.78 Å². The van der Waals surface area contributed by atoms with E-state index >= 15 is 0 Å². The molecule has 0 atom stereocenters. The van der Waals surface area contributed by atoms with Gasteiger partial charge >= 0.3 is 0 Å². The summed E-state index contributed by atoms with van der Waals surface area (Å²) in [6.07, 6.45) is 0. The smallest absolute Gasteiger partial charge is 0.168 e. The van der Waals surface area contributed by atoms with Crippen molar-refractivity contribution in [2.75, 3.05) is 5.32 Å². The van der Waals surface area contributed by atoms with Gasteiger partial charge in [-0.2, -0.15) is 0 Å². The minimum atomic E-state index is -0.593. The molecule has 0 saturated heterocycles. The van der Waals surface area contributed by atoms with Crippen LogP contribution in [0.2, 0.25) is 0 Å². The van der Waals surface area contributed by atoms with Crippen LogP contribution in [0.4, 0.5) is 14.5 Å². The van der Waals surface area contributed by atoms with E-state index in [2.05, 4.69) is 17.5 Å². The lowest BCUT2D eigenvalue weighted by Crippen LogP contribution is -2.19. The SMILES string of the molecule is NC(=S)Nc1cc(F)ccc1F. The van der Waals surface area contributed by atoms with E-state index in [1.165, 1.54) is 0 Å². The van der Waals surface area contributed by atoms with Crippen molar-refractivity contribution in [3.63, 3.8) is 0 Å². The van der Waals surface area contributed by atoms with E-state index in [1.807, 2.05) is 0 Å². The molecule has 0 amide bonds. The molecular weight excluding hydrogens is 182 g/mol. The van der Waals surface area contributed by atoms with E-state index in [0.29, 0.717) is 0 Å². The van der Waals surface area contributed by atoms with Gasteiger partial charge in [0.15, 0.2) is 5.11 Å². The number of thiocarbonyl (C=S) groups is 1. The first-order chi connectivity index (χ1) is 5.59. The molecule has 0 fully saturated rings. The number of benzene rings is 1. The molecule has 12 heavy (non-hydrogen) atoms. The molecule has 0 saturated carbocycles. The minimum absolute atomic E-state index is 0.0532. The second-order valence-corrected chi connectivity index (χ2v) is 2.55. The van der Waals surface area contributed by atoms with Gasteiger partial charge in [0.1, 0.15) is 11.6 Å². The highest BCUT2D eigenvalue weighted by atomic mass is 32.1. The van der Waals surface area contributed by atoms with Crippen LogP contribution in [-0.4, -0.2) is 5.11 Å². The molecule has 0 heterocycles. The Kier molecular flexibility index (Phi) is 2.54. The lowest BCUT2D eigenvalue weighted by molar-refractivity contribution is 0.604. The first-order valence-corrected chi connectivity index (χ1v) is 3.52. The maximum absolute atomic E-state index is 12.8. The second-order valence-electron chi connectivity index (χ2n) is 2.11. The van der Waals surface area contributed by atoms with Gasteiger partial charge in [-0.05, 0) is 24.4 Å². The number of halogens is 2. The summed E-state index contributed by atoms with van der Waals surface area (Å²) in [6.45, 7) is 0. The number of hydrogen-bond donors (Lipinski definition) is 2. The summed E-state index contributed by atoms with van der Waals surface area (Å²) in [6, 6.07) is 2.99. The Morgan fingerprint density at radius 3 is 2.67 bits per heavy atom. The van der Waals surface area contributed by atoms with E-state index in [4.69, 9.17) is 5.73 Å². The highest BCUT2D eigenvalue weighted by Crippen LogP contribution is 2.14. The standard InChI is InChI=1S/C7H6F2N2S/c8-4-1-2-5(9)6(3-4)11-7(10)12/h1-3H,(H3,10,11,12). The summed E-state index contributed by atoms with van der Waals surface area (Å²) in [7, 11) is 0. The van der Waals surface area contributed by atoms with Gasteiger partial charge in [-0.3, -0.25) is 0 Å². The predicted molar refractivity (Wildman–Crippen MR) is 46.8 cm³/mol. The average molecular weight is 188 g/mol. The summed E-state index contributed by atoms with van der Waals surface area (Å²) in [5.74, 6) is -1.14. The summed E-state index contributed by atoms with van der Waals surface area (Å²) < 4.78 is 25.3. The van der Waals surface area contributed by atoms with Crippen molar-refractivity contribution in [2.45, 2.75) is 0 Å². The molecule has 0 aliphatic rings. The second kappa shape index (κ2) is 3.44. The summed E-state index contributed by atoms with van der Waals surface area (Å²) in [5.41, 5.74) is 5.02. The summed E-state index contributed by atoms with van der Waals surface area (Å²) in [5, 5.41) is 2.21. The Balaban J connectivity index is 2.97. The molecule has 0 bridgehead atoms. The van der Waals surface area contributed by atoms with Crippen molar-refractivity contribution >= 4 is 23.0 Å². The number of nitrogens with two attached hydrogens (primary N) is 1. The number of rotatable bonds is 1. The Morgan fingerprint density at radius 1 is 1.42 bits per heavy atom. The molecule has 64 valence electrons. The van der Waals surface area contributed by atoms with Gasteiger partial charge in [-0.25, -0.2) is 8.78 Å². The normalized spacial score (nSPS) is 9.50. The highest BCUT2D eigenvalue weighted by molar-refractivity contribution is 7.80. The molecule has 1 aromatic carbocycles. The monoisotopic (exact) mass is 188 g/mol. The molecular formula is C7H6F2N2S. The zero-order valence-electron chi connectivity index (χ0n) is 5.97. The Hall–Kier alpha value is -1.23. The fraction of sp³-hybridized carbons (Fsp3) is 0. The molecule has 0 unspecified atom stereocenters. The third-order valence-corrected chi connectivity index (χ3v) is 1.29. The quantitative estimate of drug-likeness (QED) is 0.658. The number of nitrogens with one attached hydrogen (secondary N) is 1. The fourth-order valence-electron chi connectivity index (χ4n) is 0.726. The first-order valence-electron chi connectivity index (χ1n) is 3.11. The third-order valence-electron chi connectivity index (χ3n) is 1.19. The van der Waals surface area contributed by atoms with E-state index in [0.717, 1.165) is 18.2 Å². The molecule has 0 aliphatic heterocycles. The van der Waals surface area contributed by atoms with Crippen molar-refractivity contribution < 1.29 is 8.78 Å². The van der Waals surface area contributed by atoms with E-state index < -0.39 is 11.6 Å². The molecule has 0 aromatic heterocycles. The molecule has 1 rings (SSSR count). The van der Waals surface area contributed by atoms with E-state index in [-0.39, 0.29) is 10.8 Å². The van der Waals surface area contributed by atoms with Crippen LogP contribution in [0.3, 0.4) is 0 Å². The van der Waals surface area contributed by atoms with Gasteiger partial charge in [-0.1, -0.05) is 0 Å². The van der Waals surface area contributed by atoms with Crippen LogP contribution in [-0.2, 0) is 0 Å². The first kappa shape index (κ1) is 8.86. The van der Waals surface area contributed by atoms with E-state index in [1.54, 1.807) is 0 Å². The minimum Gasteiger partial charge on any atom is -0.376 e. The van der Waals surface area contributed by atoms with Gasteiger partial charge < -0.3 is 11.1 Å². The van der Waals surface area contributed by atoms with Gasteiger partial charge in [0.2, 0.25) is 0 Å². The van der Waals surface area contributed by atoms with Crippen LogP contribution in [0.5, 0.6) is 0 Å². The highest BCUT2D eigenvalue weighted by Gasteiger charge is 2.02. The molecule has 2 nitrogen and oxygen atoms in total. The Labute approximate surface area is 73.4 Å². The van der Waals surface area contributed by atoms with Crippen LogP contribution in [0.1, 0.15) is 0 Å². The van der Waals surface area contributed by atoms with Crippen molar-refractivity contribution in [3.05, 3.63) is 29.8 Å². The van der Waals surface area contributed by atoms with Gasteiger partial charge in [0.05, 0.1) is 5.69 Å². The van der Waals surface area contributed by atoms with Gasteiger partial charge in [0.25, 0.3) is 0 Å². The molecule has 0 aliphatic carbocycles. The van der Waals surface area contributed by atoms with Gasteiger partial charge in [-0.15, -0.1) is 0 Å². The number of anilines is 1. The zero-order valence-corrected chi connectivity index (χ0v) is 6.79. The molecule has 5 heteroatoms. The van der Waals surface area contributed by atoms with Crippen molar-refractivity contribution in [3.8, 4) is 0 Å². The van der Waals surface area contributed by atoms with Crippen molar-refractivity contribution in [1.29, 1.82) is 0 Å². The van der Waals surface area contributed by atoms with Crippen LogP contribution in [0, 0.1) is 11.6 Å². The molecule has 0 radical (unpaired) electrons.